The Balaban J connectivity index is 2.30. The maximum absolute atomic E-state index is 5.84. The summed E-state index contributed by atoms with van der Waals surface area (Å²) in [5.74, 6) is 0.732. The molecule has 0 aliphatic rings. The summed E-state index contributed by atoms with van der Waals surface area (Å²) in [6.07, 6.45) is 0. The highest BCUT2D eigenvalue weighted by Crippen LogP contribution is 2.38. The van der Waals surface area contributed by atoms with Gasteiger partial charge in [0.25, 0.3) is 0 Å². The molecule has 96 valence electrons. The zero-order valence-corrected chi connectivity index (χ0v) is 11.2. The average Bonchev–Trinajstić information content (AvgIpc) is 2.78. The van der Waals surface area contributed by atoms with Gasteiger partial charge in [0.2, 0.25) is 0 Å². The van der Waals surface area contributed by atoms with Crippen LogP contribution in [0.5, 0.6) is 5.75 Å². The van der Waals surface area contributed by atoms with Gasteiger partial charge in [0, 0.05) is 11.3 Å². The normalized spacial score (nSPS) is 10.8. The number of methoxy groups -OCH3 is 1. The van der Waals surface area contributed by atoms with Gasteiger partial charge in [-0.2, -0.15) is 0 Å². The molecule has 0 radical (unpaired) electrons. The number of aromatic nitrogens is 1. The van der Waals surface area contributed by atoms with Crippen molar-refractivity contribution in [2.75, 3.05) is 18.6 Å². The van der Waals surface area contributed by atoms with E-state index in [0.717, 1.165) is 32.8 Å². The molecule has 0 aliphatic carbocycles. The van der Waals surface area contributed by atoms with Gasteiger partial charge in [-0.3, -0.25) is 0 Å². The highest BCUT2D eigenvalue weighted by molar-refractivity contribution is 7.22. The lowest BCUT2D eigenvalue weighted by atomic mass is 10.0. The fourth-order valence-corrected chi connectivity index (χ4v) is 2.98. The highest BCUT2D eigenvalue weighted by Gasteiger charge is 2.13. The first-order chi connectivity index (χ1) is 9.19. The summed E-state index contributed by atoms with van der Waals surface area (Å²) >= 11 is 1.45. The van der Waals surface area contributed by atoms with Crippen molar-refractivity contribution in [1.29, 1.82) is 0 Å². The van der Waals surface area contributed by atoms with Crippen LogP contribution < -0.4 is 16.2 Å². The lowest BCUT2D eigenvalue weighted by Gasteiger charge is -2.06. The number of rotatable bonds is 2. The van der Waals surface area contributed by atoms with Crippen LogP contribution in [0, 0.1) is 0 Å². The van der Waals surface area contributed by atoms with Gasteiger partial charge in [0.15, 0.2) is 5.13 Å². The standard InChI is InChI=1S/C14H13N3OS/c1-18-11-6-5-10(8-3-2-4-9(15)7-8)13-12(11)17-14(16)19-13/h2-7H,15H2,1H3,(H2,16,17). The first-order valence-electron chi connectivity index (χ1n) is 5.78. The van der Waals surface area contributed by atoms with Crippen molar-refractivity contribution in [3.8, 4) is 16.9 Å². The van der Waals surface area contributed by atoms with Crippen molar-refractivity contribution in [2.45, 2.75) is 0 Å². The van der Waals surface area contributed by atoms with Gasteiger partial charge in [0.05, 0.1) is 11.8 Å². The van der Waals surface area contributed by atoms with E-state index in [4.69, 9.17) is 16.2 Å². The Morgan fingerprint density at radius 2 is 2.00 bits per heavy atom. The second-order valence-electron chi connectivity index (χ2n) is 4.17. The molecular formula is C14H13N3OS. The Bertz CT molecular complexity index is 752. The molecule has 1 heterocycles. The largest absolute Gasteiger partial charge is 0.494 e. The number of hydrogen-bond acceptors (Lipinski definition) is 5. The van der Waals surface area contributed by atoms with Crippen LogP contribution in [-0.4, -0.2) is 12.1 Å². The molecule has 4 N–H and O–H groups in total. The zero-order chi connectivity index (χ0) is 13.4. The lowest BCUT2D eigenvalue weighted by Crippen LogP contribution is -1.88. The highest BCUT2D eigenvalue weighted by atomic mass is 32.1. The van der Waals surface area contributed by atoms with E-state index in [9.17, 15) is 0 Å². The van der Waals surface area contributed by atoms with Crippen LogP contribution in [0.25, 0.3) is 21.3 Å². The molecule has 0 aliphatic heterocycles. The van der Waals surface area contributed by atoms with Gasteiger partial charge in [-0.25, -0.2) is 4.98 Å². The third kappa shape index (κ3) is 1.98. The van der Waals surface area contributed by atoms with E-state index in [1.165, 1.54) is 11.3 Å². The Hall–Kier alpha value is -2.27. The minimum atomic E-state index is 0.532. The minimum absolute atomic E-state index is 0.532. The van der Waals surface area contributed by atoms with Crippen molar-refractivity contribution < 1.29 is 4.74 Å². The number of nitrogens with two attached hydrogens (primary N) is 2. The molecule has 3 rings (SSSR count). The maximum Gasteiger partial charge on any atom is 0.181 e. The number of anilines is 2. The van der Waals surface area contributed by atoms with Crippen molar-refractivity contribution in [3.63, 3.8) is 0 Å². The van der Waals surface area contributed by atoms with E-state index in [-0.39, 0.29) is 0 Å². The molecule has 0 atom stereocenters. The molecule has 4 nitrogen and oxygen atoms in total. The molecule has 0 saturated heterocycles. The molecule has 19 heavy (non-hydrogen) atoms. The van der Waals surface area contributed by atoms with Crippen LogP contribution in [0.2, 0.25) is 0 Å². The van der Waals surface area contributed by atoms with Crippen LogP contribution in [0.3, 0.4) is 0 Å². The molecular weight excluding hydrogens is 258 g/mol. The Kier molecular flexibility index (Phi) is 2.76. The van der Waals surface area contributed by atoms with Gasteiger partial charge in [-0.05, 0) is 29.8 Å². The van der Waals surface area contributed by atoms with E-state index < -0.39 is 0 Å². The fourth-order valence-electron chi connectivity index (χ4n) is 2.10. The summed E-state index contributed by atoms with van der Waals surface area (Å²) in [5.41, 5.74) is 15.3. The Morgan fingerprint density at radius 3 is 2.74 bits per heavy atom. The van der Waals surface area contributed by atoms with E-state index >= 15 is 0 Å². The summed E-state index contributed by atoms with van der Waals surface area (Å²) in [6.45, 7) is 0. The topological polar surface area (TPSA) is 74.2 Å². The van der Waals surface area contributed by atoms with Gasteiger partial charge in [0.1, 0.15) is 11.3 Å². The summed E-state index contributed by atoms with van der Waals surface area (Å²) in [7, 11) is 1.63. The molecule has 0 saturated carbocycles. The quantitative estimate of drug-likeness (QED) is 0.702. The molecule has 0 amide bonds. The van der Waals surface area contributed by atoms with Crippen molar-refractivity contribution in [2.24, 2.45) is 0 Å². The molecule has 0 spiro atoms. The first-order valence-corrected chi connectivity index (χ1v) is 6.59. The second kappa shape index (κ2) is 4.44. The molecule has 2 aromatic carbocycles. The smallest absolute Gasteiger partial charge is 0.181 e. The van der Waals surface area contributed by atoms with E-state index in [1.807, 2.05) is 36.4 Å². The van der Waals surface area contributed by atoms with Gasteiger partial charge >= 0.3 is 0 Å². The third-order valence-electron chi connectivity index (χ3n) is 2.94. The van der Waals surface area contributed by atoms with Crippen LogP contribution in [0.1, 0.15) is 0 Å². The second-order valence-corrected chi connectivity index (χ2v) is 5.20. The SMILES string of the molecule is COc1ccc(-c2cccc(N)c2)c2sc(N)nc12. The minimum Gasteiger partial charge on any atom is -0.494 e. The van der Waals surface area contributed by atoms with Crippen LogP contribution in [-0.2, 0) is 0 Å². The first kappa shape index (κ1) is 11.8. The van der Waals surface area contributed by atoms with Gasteiger partial charge in [-0.1, -0.05) is 23.5 Å². The third-order valence-corrected chi connectivity index (χ3v) is 3.86. The number of fused-ring (bicyclic) bond motifs is 1. The number of nitrogen functional groups attached to an aromatic ring is 2. The molecule has 5 heteroatoms. The summed E-state index contributed by atoms with van der Waals surface area (Å²) < 4.78 is 6.34. The van der Waals surface area contributed by atoms with E-state index in [1.54, 1.807) is 7.11 Å². The fraction of sp³-hybridized carbons (Fsp3) is 0.0714. The molecule has 0 fully saturated rings. The average molecular weight is 271 g/mol. The van der Waals surface area contributed by atoms with Crippen LogP contribution in [0.15, 0.2) is 36.4 Å². The predicted molar refractivity (Wildman–Crippen MR) is 80.4 cm³/mol. The van der Waals surface area contributed by atoms with E-state index in [2.05, 4.69) is 4.98 Å². The maximum atomic E-state index is 5.84. The molecule has 0 unspecified atom stereocenters. The molecule has 0 bridgehead atoms. The number of hydrogen-bond donors (Lipinski definition) is 2. The summed E-state index contributed by atoms with van der Waals surface area (Å²) in [5, 5.41) is 0.532. The zero-order valence-electron chi connectivity index (χ0n) is 10.4. The van der Waals surface area contributed by atoms with Gasteiger partial charge in [-0.15, -0.1) is 0 Å². The summed E-state index contributed by atoms with van der Waals surface area (Å²) in [6, 6.07) is 11.7. The van der Waals surface area contributed by atoms with E-state index in [0.29, 0.717) is 5.13 Å². The van der Waals surface area contributed by atoms with Crippen molar-refractivity contribution in [1.82, 2.24) is 4.98 Å². The summed E-state index contributed by atoms with van der Waals surface area (Å²) in [4.78, 5) is 4.33. The molecule has 3 aromatic rings. The van der Waals surface area contributed by atoms with Crippen molar-refractivity contribution in [3.05, 3.63) is 36.4 Å². The Labute approximate surface area is 114 Å². The van der Waals surface area contributed by atoms with Crippen molar-refractivity contribution >= 4 is 32.4 Å². The number of benzene rings is 2. The number of nitrogens with zero attached hydrogens (tertiary/aromatic N) is 1. The lowest BCUT2D eigenvalue weighted by molar-refractivity contribution is 0.419. The Morgan fingerprint density at radius 1 is 1.16 bits per heavy atom. The van der Waals surface area contributed by atoms with Gasteiger partial charge < -0.3 is 16.2 Å². The number of ether oxygens (including phenoxy) is 1. The number of thiazole rings is 1. The molecule has 1 aromatic heterocycles. The van der Waals surface area contributed by atoms with Crippen LogP contribution in [0.4, 0.5) is 10.8 Å². The monoisotopic (exact) mass is 271 g/mol. The predicted octanol–water partition coefficient (Wildman–Crippen LogP) is 3.14. The van der Waals surface area contributed by atoms with Crippen LogP contribution >= 0.6 is 11.3 Å².